The van der Waals surface area contributed by atoms with Crippen LogP contribution in [0.3, 0.4) is 0 Å². The molecule has 26 heavy (non-hydrogen) atoms. The van der Waals surface area contributed by atoms with Gasteiger partial charge in [-0.05, 0) is 6.07 Å². The fraction of sp³-hybridized carbons (Fsp3) is 0.263. The van der Waals surface area contributed by atoms with Crippen molar-refractivity contribution in [3.8, 4) is 11.5 Å². The van der Waals surface area contributed by atoms with Crippen LogP contribution in [0.25, 0.3) is 11.0 Å². The highest BCUT2D eigenvalue weighted by Crippen LogP contribution is 2.32. The van der Waals surface area contributed by atoms with Crippen LogP contribution in [0.5, 0.6) is 11.5 Å². The first-order valence-corrected chi connectivity index (χ1v) is 8.78. The fourth-order valence-corrected chi connectivity index (χ4v) is 3.50. The SMILES string of the molecule is COc1cc2nc(C(=S=O)c3ccccc3N(C)C)n(C)c2cc1OC. The molecule has 3 rings (SSSR count). The summed E-state index contributed by atoms with van der Waals surface area (Å²) in [4.78, 5) is 7.26. The Kier molecular flexibility index (Phi) is 4.99. The number of fused-ring (bicyclic) bond motifs is 1. The van der Waals surface area contributed by atoms with Gasteiger partial charge in [0.05, 0.1) is 25.3 Å². The van der Waals surface area contributed by atoms with Gasteiger partial charge in [-0.3, -0.25) is 0 Å². The van der Waals surface area contributed by atoms with Crippen LogP contribution in [0.1, 0.15) is 11.4 Å². The number of hydrogen-bond acceptors (Lipinski definition) is 5. The van der Waals surface area contributed by atoms with E-state index in [0.717, 1.165) is 22.3 Å². The lowest BCUT2D eigenvalue weighted by Gasteiger charge is -2.17. The number of anilines is 1. The predicted octanol–water partition coefficient (Wildman–Crippen LogP) is 2.44. The Morgan fingerprint density at radius 3 is 2.38 bits per heavy atom. The summed E-state index contributed by atoms with van der Waals surface area (Å²) >= 11 is 0.451. The summed E-state index contributed by atoms with van der Waals surface area (Å²) in [7, 11) is 8.99. The van der Waals surface area contributed by atoms with Crippen molar-refractivity contribution in [1.82, 2.24) is 9.55 Å². The molecule has 136 valence electrons. The highest BCUT2D eigenvalue weighted by Gasteiger charge is 2.20. The molecular weight excluding hydrogens is 350 g/mol. The van der Waals surface area contributed by atoms with Gasteiger partial charge in [-0.1, -0.05) is 18.2 Å². The largest absolute Gasteiger partial charge is 0.493 e. The maximum atomic E-state index is 12.0. The maximum absolute atomic E-state index is 12.0. The van der Waals surface area contributed by atoms with Crippen molar-refractivity contribution in [2.75, 3.05) is 33.2 Å². The van der Waals surface area contributed by atoms with E-state index in [1.807, 2.05) is 67.0 Å². The van der Waals surface area contributed by atoms with Gasteiger partial charge in [0.1, 0.15) is 16.1 Å². The molecule has 0 radical (unpaired) electrons. The molecule has 0 bridgehead atoms. The normalized spacial score (nSPS) is 10.7. The van der Waals surface area contributed by atoms with Crippen molar-refractivity contribution in [3.63, 3.8) is 0 Å². The summed E-state index contributed by atoms with van der Waals surface area (Å²) in [5.74, 6) is 1.85. The zero-order valence-corrected chi connectivity index (χ0v) is 16.3. The number of hydrogen-bond donors (Lipinski definition) is 0. The van der Waals surface area contributed by atoms with E-state index in [-0.39, 0.29) is 0 Å². The molecular formula is C19H21N3O3S. The topological polar surface area (TPSA) is 56.6 Å². The van der Waals surface area contributed by atoms with Crippen molar-refractivity contribution in [3.05, 3.63) is 47.8 Å². The van der Waals surface area contributed by atoms with Gasteiger partial charge in [-0.15, -0.1) is 0 Å². The zero-order chi connectivity index (χ0) is 18.8. The quantitative estimate of drug-likeness (QED) is 0.509. The van der Waals surface area contributed by atoms with Crippen molar-refractivity contribution in [2.45, 2.75) is 0 Å². The predicted molar refractivity (Wildman–Crippen MR) is 106 cm³/mol. The van der Waals surface area contributed by atoms with Gasteiger partial charge < -0.3 is 18.9 Å². The van der Waals surface area contributed by atoms with E-state index in [4.69, 9.17) is 14.5 Å². The summed E-state index contributed by atoms with van der Waals surface area (Å²) in [5, 5.41) is 0. The Morgan fingerprint density at radius 1 is 1.12 bits per heavy atom. The van der Waals surface area contributed by atoms with Gasteiger partial charge in [-0.2, -0.15) is 0 Å². The van der Waals surface area contributed by atoms with Crippen molar-refractivity contribution in [1.29, 1.82) is 0 Å². The van der Waals surface area contributed by atoms with E-state index < -0.39 is 0 Å². The van der Waals surface area contributed by atoms with Crippen LogP contribution in [0, 0.1) is 0 Å². The number of nitrogens with zero attached hydrogens (tertiary/aromatic N) is 3. The number of aryl methyl sites for hydroxylation is 1. The first-order valence-electron chi connectivity index (χ1n) is 8.04. The first-order chi connectivity index (χ1) is 12.5. The molecule has 6 nitrogen and oxygen atoms in total. The van der Waals surface area contributed by atoms with Gasteiger partial charge in [0.15, 0.2) is 17.3 Å². The second-order valence-electron chi connectivity index (χ2n) is 6.01. The Bertz CT molecular complexity index is 1020. The van der Waals surface area contributed by atoms with E-state index in [0.29, 0.717) is 33.4 Å². The molecule has 7 heteroatoms. The smallest absolute Gasteiger partial charge is 0.163 e. The Labute approximate surface area is 156 Å². The minimum atomic E-state index is 0.451. The molecule has 0 amide bonds. The Hall–Kier alpha value is -2.80. The summed E-state index contributed by atoms with van der Waals surface area (Å²) < 4.78 is 24.7. The lowest BCUT2D eigenvalue weighted by Crippen LogP contribution is -2.17. The Morgan fingerprint density at radius 2 is 1.77 bits per heavy atom. The van der Waals surface area contributed by atoms with Crippen LogP contribution in [-0.4, -0.2) is 46.9 Å². The fourth-order valence-electron chi connectivity index (χ4n) is 2.98. The number of aromatic nitrogens is 2. The molecule has 0 fully saturated rings. The average molecular weight is 371 g/mol. The lowest BCUT2D eigenvalue weighted by atomic mass is 10.1. The molecule has 0 atom stereocenters. The maximum Gasteiger partial charge on any atom is 0.163 e. The third-order valence-electron chi connectivity index (χ3n) is 4.30. The van der Waals surface area contributed by atoms with Crippen molar-refractivity contribution >= 4 is 32.8 Å². The minimum Gasteiger partial charge on any atom is -0.493 e. The number of ether oxygens (including phenoxy) is 2. The van der Waals surface area contributed by atoms with Gasteiger partial charge in [0, 0.05) is 44.5 Å². The van der Waals surface area contributed by atoms with Crippen LogP contribution in [0.15, 0.2) is 36.4 Å². The molecule has 0 aliphatic heterocycles. The molecule has 2 aromatic carbocycles. The molecule has 1 aromatic heterocycles. The van der Waals surface area contributed by atoms with Gasteiger partial charge in [-0.25, -0.2) is 9.19 Å². The molecule has 0 aliphatic carbocycles. The van der Waals surface area contributed by atoms with E-state index in [9.17, 15) is 4.21 Å². The Balaban J connectivity index is 2.24. The third kappa shape index (κ3) is 2.94. The van der Waals surface area contributed by atoms with Crippen molar-refractivity contribution < 1.29 is 13.7 Å². The van der Waals surface area contributed by atoms with Crippen LogP contribution in [-0.2, 0) is 18.3 Å². The second-order valence-corrected chi connectivity index (χ2v) is 6.59. The number of para-hydroxylation sites is 1. The summed E-state index contributed by atoms with van der Waals surface area (Å²) in [6.45, 7) is 0. The van der Waals surface area contributed by atoms with Gasteiger partial charge >= 0.3 is 0 Å². The third-order valence-corrected chi connectivity index (χ3v) is 4.87. The first kappa shape index (κ1) is 18.0. The number of methoxy groups -OCH3 is 2. The van der Waals surface area contributed by atoms with E-state index in [1.165, 1.54) is 0 Å². The van der Waals surface area contributed by atoms with Crippen molar-refractivity contribution in [2.24, 2.45) is 7.05 Å². The molecule has 3 aromatic rings. The van der Waals surface area contributed by atoms with Crippen LogP contribution in [0.2, 0.25) is 0 Å². The minimum absolute atomic E-state index is 0.451. The number of imidazole rings is 1. The van der Waals surface area contributed by atoms with Gasteiger partial charge in [0.25, 0.3) is 0 Å². The molecule has 0 N–H and O–H groups in total. The molecule has 0 unspecified atom stereocenters. The highest BCUT2D eigenvalue weighted by atomic mass is 32.1. The molecule has 1 heterocycles. The second kappa shape index (κ2) is 7.21. The summed E-state index contributed by atoms with van der Waals surface area (Å²) in [5.41, 5.74) is 3.43. The monoisotopic (exact) mass is 371 g/mol. The van der Waals surface area contributed by atoms with Crippen LogP contribution >= 0.6 is 0 Å². The summed E-state index contributed by atoms with van der Waals surface area (Å²) in [6, 6.07) is 11.5. The summed E-state index contributed by atoms with van der Waals surface area (Å²) in [6.07, 6.45) is 0. The van der Waals surface area contributed by atoms with Gasteiger partial charge in [0.2, 0.25) is 0 Å². The lowest BCUT2D eigenvalue weighted by molar-refractivity contribution is 0.355. The van der Waals surface area contributed by atoms with Crippen LogP contribution in [0.4, 0.5) is 5.69 Å². The van der Waals surface area contributed by atoms with E-state index in [2.05, 4.69) is 0 Å². The molecule has 0 aliphatic rings. The van der Waals surface area contributed by atoms with Crippen LogP contribution < -0.4 is 14.4 Å². The molecule has 0 saturated heterocycles. The van der Waals surface area contributed by atoms with E-state index in [1.54, 1.807) is 14.2 Å². The standard InChI is InChI=1S/C19H21N3O3S/c1-21(2)14-9-7-6-8-12(14)18(26-23)19-20-13-10-16(24-4)17(25-5)11-15(13)22(19)3/h6-11H,1-5H3. The number of rotatable bonds is 5. The average Bonchev–Trinajstić information content (AvgIpc) is 2.97. The molecule has 0 spiro atoms. The molecule has 0 saturated carbocycles. The van der Waals surface area contributed by atoms with E-state index >= 15 is 0 Å². The zero-order valence-electron chi connectivity index (χ0n) is 15.4. The number of benzene rings is 2. The highest BCUT2D eigenvalue weighted by molar-refractivity contribution is 7.67.